The van der Waals surface area contributed by atoms with Crippen molar-refractivity contribution in [2.24, 2.45) is 0 Å². The topological polar surface area (TPSA) is 46.9 Å². The molecule has 1 amide bonds. The van der Waals surface area contributed by atoms with Crippen molar-refractivity contribution >= 4 is 5.91 Å². The van der Waals surface area contributed by atoms with Crippen molar-refractivity contribution in [1.82, 2.24) is 15.1 Å². The molecule has 1 aromatic heterocycles. The fourth-order valence-electron chi connectivity index (χ4n) is 3.66. The summed E-state index contributed by atoms with van der Waals surface area (Å²) in [6.07, 6.45) is 25.7. The van der Waals surface area contributed by atoms with Gasteiger partial charge in [0.2, 0.25) is 5.91 Å². The molecular formula is C24H45N3O. The Bertz CT molecular complexity index is 484. The zero-order valence-corrected chi connectivity index (χ0v) is 18.7. The molecule has 1 aromatic rings. The number of carbonyl (C=O) groups excluding carboxylic acids is 1. The van der Waals surface area contributed by atoms with Crippen LogP contribution < -0.4 is 5.32 Å². The van der Waals surface area contributed by atoms with Crippen LogP contribution in [0.3, 0.4) is 0 Å². The van der Waals surface area contributed by atoms with Crippen molar-refractivity contribution < 1.29 is 4.79 Å². The summed E-state index contributed by atoms with van der Waals surface area (Å²) in [5.41, 5.74) is 1.09. The van der Waals surface area contributed by atoms with E-state index in [1.54, 1.807) is 10.9 Å². The molecule has 0 aliphatic heterocycles. The first-order valence-corrected chi connectivity index (χ1v) is 12.0. The zero-order chi connectivity index (χ0) is 20.3. The predicted molar refractivity (Wildman–Crippen MR) is 120 cm³/mol. The Kier molecular flexibility index (Phi) is 15.7. The maximum atomic E-state index is 11.8. The van der Waals surface area contributed by atoms with Gasteiger partial charge < -0.3 is 5.32 Å². The maximum absolute atomic E-state index is 11.8. The highest BCUT2D eigenvalue weighted by molar-refractivity contribution is 5.75. The van der Waals surface area contributed by atoms with Crippen molar-refractivity contribution in [1.29, 1.82) is 0 Å². The maximum Gasteiger partial charge on any atom is 0.241 e. The van der Waals surface area contributed by atoms with Crippen molar-refractivity contribution in [3.63, 3.8) is 0 Å². The van der Waals surface area contributed by atoms with Crippen LogP contribution in [0.2, 0.25) is 0 Å². The van der Waals surface area contributed by atoms with E-state index in [1.165, 1.54) is 96.3 Å². The molecule has 1 N–H and O–H groups in total. The number of nitrogens with one attached hydrogen (secondary N) is 1. The summed E-state index contributed by atoms with van der Waals surface area (Å²) in [7, 11) is 0. The van der Waals surface area contributed by atoms with E-state index in [0.717, 1.165) is 18.5 Å². The van der Waals surface area contributed by atoms with Crippen LogP contribution in [0.15, 0.2) is 12.4 Å². The van der Waals surface area contributed by atoms with Gasteiger partial charge >= 0.3 is 0 Å². The van der Waals surface area contributed by atoms with Crippen LogP contribution in [-0.2, 0) is 11.3 Å². The Morgan fingerprint density at radius 2 is 1.29 bits per heavy atom. The molecule has 0 unspecified atom stereocenters. The van der Waals surface area contributed by atoms with E-state index in [2.05, 4.69) is 17.3 Å². The third kappa shape index (κ3) is 14.7. The molecule has 28 heavy (non-hydrogen) atoms. The molecule has 4 nitrogen and oxygen atoms in total. The second kappa shape index (κ2) is 17.8. The minimum Gasteiger partial charge on any atom is -0.354 e. The molecule has 1 rings (SSSR count). The first kappa shape index (κ1) is 24.7. The van der Waals surface area contributed by atoms with Crippen LogP contribution in [0.1, 0.15) is 115 Å². The molecule has 0 aromatic carbocycles. The lowest BCUT2D eigenvalue weighted by Crippen LogP contribution is -2.28. The second-order valence-corrected chi connectivity index (χ2v) is 8.37. The fourth-order valence-corrected chi connectivity index (χ4v) is 3.66. The van der Waals surface area contributed by atoms with Gasteiger partial charge in [0.25, 0.3) is 0 Å². The van der Waals surface area contributed by atoms with Gasteiger partial charge in [-0.2, -0.15) is 5.10 Å². The number of nitrogens with zero attached hydrogens (tertiary/aromatic N) is 2. The van der Waals surface area contributed by atoms with Crippen LogP contribution in [0.25, 0.3) is 0 Å². The lowest BCUT2D eigenvalue weighted by molar-refractivity contribution is -0.121. The predicted octanol–water partition coefficient (Wildman–Crippen LogP) is 6.57. The van der Waals surface area contributed by atoms with Gasteiger partial charge in [-0.3, -0.25) is 9.48 Å². The number of rotatable bonds is 19. The Balaban J connectivity index is 1.74. The van der Waals surface area contributed by atoms with Crippen LogP contribution in [0, 0.1) is 6.92 Å². The average molecular weight is 392 g/mol. The fraction of sp³-hybridized carbons (Fsp3) is 0.833. The number of hydrogen-bond acceptors (Lipinski definition) is 2. The van der Waals surface area contributed by atoms with Gasteiger partial charge in [-0.1, -0.05) is 103 Å². The number of carbonyl (C=O) groups is 1. The highest BCUT2D eigenvalue weighted by Crippen LogP contribution is 2.13. The van der Waals surface area contributed by atoms with E-state index in [4.69, 9.17) is 0 Å². The molecule has 0 aliphatic rings. The molecule has 162 valence electrons. The molecular weight excluding hydrogens is 346 g/mol. The molecule has 1 heterocycles. The Morgan fingerprint density at radius 3 is 1.71 bits per heavy atom. The van der Waals surface area contributed by atoms with Gasteiger partial charge in [-0.05, 0) is 18.9 Å². The first-order valence-electron chi connectivity index (χ1n) is 12.0. The van der Waals surface area contributed by atoms with Gasteiger partial charge in [0.05, 0.1) is 6.20 Å². The molecule has 0 saturated heterocycles. The molecule has 4 heteroatoms. The second-order valence-electron chi connectivity index (χ2n) is 8.37. The van der Waals surface area contributed by atoms with Crippen molar-refractivity contribution in [3.8, 4) is 0 Å². The lowest BCUT2D eigenvalue weighted by Gasteiger charge is -2.06. The number of amides is 1. The van der Waals surface area contributed by atoms with E-state index in [-0.39, 0.29) is 5.91 Å². The zero-order valence-electron chi connectivity index (χ0n) is 18.7. The average Bonchev–Trinajstić information content (AvgIpc) is 3.08. The van der Waals surface area contributed by atoms with Crippen molar-refractivity contribution in [2.45, 2.75) is 123 Å². The number of aryl methyl sites for hydroxylation is 1. The standard InChI is InChI=1S/C24H45N3O/c1-3-4-5-6-7-8-9-10-11-12-13-14-15-16-17-18-19-25-24(28)22-27-21-23(2)20-26-27/h20-21H,3-19,22H2,1-2H3,(H,25,28). The highest BCUT2D eigenvalue weighted by atomic mass is 16.2. The third-order valence-corrected chi connectivity index (χ3v) is 5.42. The van der Waals surface area contributed by atoms with E-state index >= 15 is 0 Å². The number of unbranched alkanes of at least 4 members (excludes halogenated alkanes) is 15. The summed E-state index contributed by atoms with van der Waals surface area (Å²) in [4.78, 5) is 11.8. The normalized spacial score (nSPS) is 11.1. The summed E-state index contributed by atoms with van der Waals surface area (Å²) in [6, 6.07) is 0. The summed E-state index contributed by atoms with van der Waals surface area (Å²) in [5, 5.41) is 7.13. The number of aromatic nitrogens is 2. The van der Waals surface area contributed by atoms with Crippen LogP contribution in [0.4, 0.5) is 0 Å². The minimum absolute atomic E-state index is 0.0593. The van der Waals surface area contributed by atoms with Gasteiger partial charge in [-0.15, -0.1) is 0 Å². The Hall–Kier alpha value is -1.32. The van der Waals surface area contributed by atoms with Gasteiger partial charge in [0, 0.05) is 12.7 Å². The van der Waals surface area contributed by atoms with Gasteiger partial charge in [0.15, 0.2) is 0 Å². The van der Waals surface area contributed by atoms with Crippen LogP contribution in [-0.4, -0.2) is 22.2 Å². The Labute approximate surface area is 173 Å². The smallest absolute Gasteiger partial charge is 0.241 e. The monoisotopic (exact) mass is 391 g/mol. The molecule has 0 aliphatic carbocycles. The molecule has 0 bridgehead atoms. The SMILES string of the molecule is CCCCCCCCCCCCCCCCCCNC(=O)Cn1cc(C)cn1. The van der Waals surface area contributed by atoms with E-state index < -0.39 is 0 Å². The quantitative estimate of drug-likeness (QED) is 0.271. The highest BCUT2D eigenvalue weighted by Gasteiger charge is 2.02. The van der Waals surface area contributed by atoms with Gasteiger partial charge in [-0.25, -0.2) is 0 Å². The van der Waals surface area contributed by atoms with E-state index in [0.29, 0.717) is 6.54 Å². The summed E-state index contributed by atoms with van der Waals surface area (Å²) >= 11 is 0. The Morgan fingerprint density at radius 1 is 0.821 bits per heavy atom. The third-order valence-electron chi connectivity index (χ3n) is 5.42. The van der Waals surface area contributed by atoms with E-state index in [9.17, 15) is 4.79 Å². The summed E-state index contributed by atoms with van der Waals surface area (Å²) < 4.78 is 1.69. The lowest BCUT2D eigenvalue weighted by atomic mass is 10.0. The molecule has 0 radical (unpaired) electrons. The minimum atomic E-state index is 0.0593. The largest absolute Gasteiger partial charge is 0.354 e. The van der Waals surface area contributed by atoms with Crippen molar-refractivity contribution in [3.05, 3.63) is 18.0 Å². The van der Waals surface area contributed by atoms with Crippen LogP contribution >= 0.6 is 0 Å². The first-order chi connectivity index (χ1) is 13.7. The summed E-state index contributed by atoms with van der Waals surface area (Å²) in [5.74, 6) is 0.0593. The van der Waals surface area contributed by atoms with Crippen molar-refractivity contribution in [2.75, 3.05) is 6.54 Å². The van der Waals surface area contributed by atoms with Gasteiger partial charge in [0.1, 0.15) is 6.54 Å². The summed E-state index contributed by atoms with van der Waals surface area (Å²) in [6.45, 7) is 5.38. The molecule has 0 fully saturated rings. The molecule has 0 spiro atoms. The molecule has 0 atom stereocenters. The van der Waals surface area contributed by atoms with E-state index in [1.807, 2.05) is 13.1 Å². The van der Waals surface area contributed by atoms with Crippen LogP contribution in [0.5, 0.6) is 0 Å². The number of hydrogen-bond donors (Lipinski definition) is 1. The molecule has 0 saturated carbocycles.